The fourth-order valence-corrected chi connectivity index (χ4v) is 4.40. The highest BCUT2D eigenvalue weighted by Crippen LogP contribution is 2.30. The van der Waals surface area contributed by atoms with E-state index in [0.29, 0.717) is 6.54 Å². The molecule has 2 N–H and O–H groups in total. The van der Waals surface area contributed by atoms with E-state index in [4.69, 9.17) is 0 Å². The quantitative estimate of drug-likeness (QED) is 0.481. The fourth-order valence-electron chi connectivity index (χ4n) is 4.40. The molecule has 0 amide bonds. The van der Waals surface area contributed by atoms with Gasteiger partial charge < -0.3 is 9.97 Å². The third-order valence-electron chi connectivity index (χ3n) is 5.83. The summed E-state index contributed by atoms with van der Waals surface area (Å²) in [6, 6.07) is 17.2. The van der Waals surface area contributed by atoms with Crippen molar-refractivity contribution in [2.24, 2.45) is 0 Å². The highest BCUT2D eigenvalue weighted by atomic mass is 16.2. The molecule has 30 heavy (non-hydrogen) atoms. The molecule has 0 fully saturated rings. The highest BCUT2D eigenvalue weighted by molar-refractivity contribution is 5.87. The number of nitrogens with zero attached hydrogens (tertiary/aromatic N) is 2. The molecule has 0 saturated carbocycles. The van der Waals surface area contributed by atoms with Crippen LogP contribution >= 0.6 is 0 Å². The molecule has 6 heteroatoms. The first-order valence-electron chi connectivity index (χ1n) is 9.98. The van der Waals surface area contributed by atoms with E-state index in [0.717, 1.165) is 33.1 Å². The zero-order valence-electron chi connectivity index (χ0n) is 16.8. The molecule has 2 aromatic carbocycles. The summed E-state index contributed by atoms with van der Waals surface area (Å²) in [4.78, 5) is 31.2. The maximum absolute atomic E-state index is 13.6. The summed E-state index contributed by atoms with van der Waals surface area (Å²) in [7, 11) is 0. The van der Waals surface area contributed by atoms with Gasteiger partial charge in [-0.3, -0.25) is 13.9 Å². The largest absolute Gasteiger partial charge is 0.361 e. The molecule has 0 bridgehead atoms. The Morgan fingerprint density at radius 3 is 2.57 bits per heavy atom. The maximum atomic E-state index is 13.6. The third kappa shape index (κ3) is 2.80. The summed E-state index contributed by atoms with van der Waals surface area (Å²) in [5.74, 6) is 0. The standard InChI is InChI=1S/C24H22N4O2/c1-15-6-5-7-19-23(15)18(13-26-19)16(2)28-21-9-4-3-8-20(21)27(24(28)30)14-17-10-11-25-22(29)12-17/h3-13,16,26H,14H2,1-2H3,(H,25,29). The van der Waals surface area contributed by atoms with E-state index in [1.807, 2.05) is 47.2 Å². The lowest BCUT2D eigenvalue weighted by molar-refractivity contribution is 0.609. The molecule has 5 aromatic rings. The third-order valence-corrected chi connectivity index (χ3v) is 5.83. The van der Waals surface area contributed by atoms with Gasteiger partial charge in [-0.15, -0.1) is 0 Å². The van der Waals surface area contributed by atoms with Crippen molar-refractivity contribution >= 4 is 21.9 Å². The zero-order chi connectivity index (χ0) is 20.8. The van der Waals surface area contributed by atoms with Crippen LogP contribution in [0.3, 0.4) is 0 Å². The number of para-hydroxylation sites is 2. The molecule has 150 valence electrons. The summed E-state index contributed by atoms with van der Waals surface area (Å²) in [5, 5.41) is 1.16. The number of aromatic amines is 2. The first kappa shape index (κ1) is 18.2. The summed E-state index contributed by atoms with van der Waals surface area (Å²) in [6.45, 7) is 4.49. The topological polar surface area (TPSA) is 75.6 Å². The Morgan fingerprint density at radius 1 is 0.967 bits per heavy atom. The number of rotatable bonds is 4. The monoisotopic (exact) mass is 398 g/mol. The van der Waals surface area contributed by atoms with Crippen molar-refractivity contribution in [2.45, 2.75) is 26.4 Å². The number of hydrogen-bond donors (Lipinski definition) is 2. The average molecular weight is 398 g/mol. The molecule has 0 saturated heterocycles. The van der Waals surface area contributed by atoms with E-state index in [2.05, 4.69) is 35.9 Å². The minimum Gasteiger partial charge on any atom is -0.361 e. The second-order valence-electron chi connectivity index (χ2n) is 7.71. The Bertz CT molecular complexity index is 1500. The lowest BCUT2D eigenvalue weighted by Gasteiger charge is -2.14. The van der Waals surface area contributed by atoms with E-state index in [-0.39, 0.29) is 17.3 Å². The molecule has 1 unspecified atom stereocenters. The molecule has 6 nitrogen and oxygen atoms in total. The van der Waals surface area contributed by atoms with E-state index in [1.54, 1.807) is 10.8 Å². The molecule has 0 spiro atoms. The van der Waals surface area contributed by atoms with Gasteiger partial charge in [0.05, 0.1) is 23.6 Å². The van der Waals surface area contributed by atoms with Gasteiger partial charge in [-0.2, -0.15) is 0 Å². The second kappa shape index (κ2) is 6.91. The minimum atomic E-state index is -0.174. The van der Waals surface area contributed by atoms with Crippen LogP contribution in [0.15, 0.2) is 76.6 Å². The van der Waals surface area contributed by atoms with Crippen LogP contribution in [-0.2, 0) is 6.54 Å². The van der Waals surface area contributed by atoms with Crippen LogP contribution in [0, 0.1) is 6.92 Å². The van der Waals surface area contributed by atoms with Crippen LogP contribution in [0.1, 0.15) is 29.7 Å². The van der Waals surface area contributed by atoms with E-state index < -0.39 is 0 Å². The van der Waals surface area contributed by atoms with Crippen LogP contribution in [0.25, 0.3) is 21.9 Å². The lowest BCUT2D eigenvalue weighted by atomic mass is 10.0. The molecule has 0 aliphatic carbocycles. The van der Waals surface area contributed by atoms with Crippen molar-refractivity contribution in [1.82, 2.24) is 19.1 Å². The maximum Gasteiger partial charge on any atom is 0.329 e. The van der Waals surface area contributed by atoms with Gasteiger partial charge in [-0.25, -0.2) is 4.79 Å². The number of fused-ring (bicyclic) bond motifs is 2. The van der Waals surface area contributed by atoms with Crippen LogP contribution in [0.5, 0.6) is 0 Å². The zero-order valence-corrected chi connectivity index (χ0v) is 16.8. The van der Waals surface area contributed by atoms with E-state index in [9.17, 15) is 9.59 Å². The van der Waals surface area contributed by atoms with E-state index >= 15 is 0 Å². The molecular formula is C24H22N4O2. The Morgan fingerprint density at radius 2 is 1.77 bits per heavy atom. The van der Waals surface area contributed by atoms with Crippen LogP contribution < -0.4 is 11.2 Å². The molecular weight excluding hydrogens is 376 g/mol. The van der Waals surface area contributed by atoms with Gasteiger partial charge in [0.15, 0.2) is 0 Å². The molecule has 0 radical (unpaired) electrons. The number of H-pyrrole nitrogens is 2. The number of nitrogens with one attached hydrogen (secondary N) is 2. The van der Waals surface area contributed by atoms with Crippen molar-refractivity contribution in [1.29, 1.82) is 0 Å². The van der Waals surface area contributed by atoms with Crippen LogP contribution in [0.4, 0.5) is 0 Å². The first-order valence-corrected chi connectivity index (χ1v) is 9.98. The van der Waals surface area contributed by atoms with E-state index in [1.165, 1.54) is 11.6 Å². The predicted molar refractivity (Wildman–Crippen MR) is 119 cm³/mol. The summed E-state index contributed by atoms with van der Waals surface area (Å²) < 4.78 is 3.58. The Hall–Kier alpha value is -3.80. The van der Waals surface area contributed by atoms with Gasteiger partial charge in [0.1, 0.15) is 0 Å². The number of imidazole rings is 1. The highest BCUT2D eigenvalue weighted by Gasteiger charge is 2.21. The molecule has 0 aliphatic rings. The fraction of sp³-hybridized carbons (Fsp3) is 0.167. The number of hydrogen-bond acceptors (Lipinski definition) is 2. The van der Waals surface area contributed by atoms with Crippen molar-refractivity contribution in [2.75, 3.05) is 0 Å². The Labute approximate surface area is 172 Å². The van der Waals surface area contributed by atoms with Crippen molar-refractivity contribution in [3.05, 3.63) is 105 Å². The van der Waals surface area contributed by atoms with Crippen molar-refractivity contribution < 1.29 is 0 Å². The number of benzene rings is 2. The van der Waals surface area contributed by atoms with Gasteiger partial charge in [-0.05, 0) is 49.2 Å². The first-order chi connectivity index (χ1) is 14.5. The SMILES string of the molecule is Cc1cccc2[nH]cc(C(C)n3c(=O)n(Cc4cc[nH]c(=O)c4)c4ccccc43)c12. The Balaban J connectivity index is 1.71. The Kier molecular flexibility index (Phi) is 4.20. The van der Waals surface area contributed by atoms with Crippen LogP contribution in [0.2, 0.25) is 0 Å². The van der Waals surface area contributed by atoms with Crippen LogP contribution in [-0.4, -0.2) is 19.1 Å². The van der Waals surface area contributed by atoms with Crippen molar-refractivity contribution in [3.63, 3.8) is 0 Å². The summed E-state index contributed by atoms with van der Waals surface area (Å²) in [5.41, 5.74) is 5.59. The van der Waals surface area contributed by atoms with Gasteiger partial charge >= 0.3 is 5.69 Å². The average Bonchev–Trinajstić information content (AvgIpc) is 3.29. The van der Waals surface area contributed by atoms with Gasteiger partial charge in [-0.1, -0.05) is 24.3 Å². The van der Waals surface area contributed by atoms with Gasteiger partial charge in [0.2, 0.25) is 5.56 Å². The van der Waals surface area contributed by atoms with Crippen molar-refractivity contribution in [3.8, 4) is 0 Å². The predicted octanol–water partition coefficient (Wildman–Crippen LogP) is 3.94. The molecule has 3 aromatic heterocycles. The molecule has 3 heterocycles. The summed E-state index contributed by atoms with van der Waals surface area (Å²) in [6.07, 6.45) is 3.61. The number of aromatic nitrogens is 4. The van der Waals surface area contributed by atoms with Gasteiger partial charge in [0.25, 0.3) is 0 Å². The summed E-state index contributed by atoms with van der Waals surface area (Å²) >= 11 is 0. The normalized spacial score (nSPS) is 12.6. The number of aryl methyl sites for hydroxylation is 1. The molecule has 0 aliphatic heterocycles. The number of pyridine rings is 1. The van der Waals surface area contributed by atoms with Gasteiger partial charge in [0, 0.05) is 34.9 Å². The minimum absolute atomic E-state index is 0.0908. The second-order valence-corrected chi connectivity index (χ2v) is 7.71. The molecule has 5 rings (SSSR count). The lowest BCUT2D eigenvalue weighted by Crippen LogP contribution is -2.27. The molecule has 1 atom stereocenters. The smallest absolute Gasteiger partial charge is 0.329 e.